The lowest BCUT2D eigenvalue weighted by Crippen LogP contribution is -2.46. The lowest BCUT2D eigenvalue weighted by atomic mass is 10.2. The Balaban J connectivity index is 2.00. The molecule has 2 atom stereocenters. The van der Waals surface area contributed by atoms with Crippen molar-refractivity contribution >= 4 is 29.5 Å². The topological polar surface area (TPSA) is 132 Å². The molecule has 0 fully saturated rings. The highest BCUT2D eigenvalue weighted by atomic mass is 32.2. The van der Waals surface area contributed by atoms with Crippen LogP contribution in [-0.4, -0.2) is 38.4 Å². The highest BCUT2D eigenvalue weighted by molar-refractivity contribution is 8.00. The first kappa shape index (κ1) is 20.2. The van der Waals surface area contributed by atoms with Gasteiger partial charge in [-0.3, -0.25) is 10.1 Å². The minimum absolute atomic E-state index is 0.00769. The Morgan fingerprint density at radius 3 is 2.63 bits per heavy atom. The van der Waals surface area contributed by atoms with Gasteiger partial charge in [-0.2, -0.15) is 0 Å². The van der Waals surface area contributed by atoms with Crippen molar-refractivity contribution in [1.82, 2.24) is 10.3 Å². The fourth-order valence-corrected chi connectivity index (χ4v) is 3.19. The number of rotatable bonds is 8. The van der Waals surface area contributed by atoms with Gasteiger partial charge in [-0.1, -0.05) is 49.0 Å². The molecule has 27 heavy (non-hydrogen) atoms. The summed E-state index contributed by atoms with van der Waals surface area (Å²) in [6, 6.07) is 10.3. The van der Waals surface area contributed by atoms with Crippen molar-refractivity contribution in [3.63, 3.8) is 0 Å². The number of pyridine rings is 1. The number of carbonyl (C=O) groups is 2. The van der Waals surface area contributed by atoms with E-state index in [1.807, 2.05) is 6.07 Å². The van der Waals surface area contributed by atoms with Gasteiger partial charge in [0.25, 0.3) is 0 Å². The smallest absolute Gasteiger partial charge is 0.408 e. The number of benzene rings is 1. The molecule has 1 aromatic heterocycles. The number of alkyl carbamates (subject to hydrolysis) is 1. The van der Waals surface area contributed by atoms with E-state index < -0.39 is 28.3 Å². The normalized spacial score (nSPS) is 12.6. The zero-order valence-corrected chi connectivity index (χ0v) is 15.1. The fraction of sp³-hybridized carbons (Fsp3) is 0.235. The summed E-state index contributed by atoms with van der Waals surface area (Å²) in [6.45, 7) is 1.52. The highest BCUT2D eigenvalue weighted by Crippen LogP contribution is 2.31. The van der Waals surface area contributed by atoms with Crippen molar-refractivity contribution in [3.8, 4) is 0 Å². The third-order valence-electron chi connectivity index (χ3n) is 3.47. The van der Waals surface area contributed by atoms with Gasteiger partial charge in [0.2, 0.25) is 0 Å². The predicted molar refractivity (Wildman–Crippen MR) is 97.4 cm³/mol. The van der Waals surface area contributed by atoms with Gasteiger partial charge in [0.1, 0.15) is 12.6 Å². The van der Waals surface area contributed by atoms with Gasteiger partial charge in [0.15, 0.2) is 5.03 Å². The summed E-state index contributed by atoms with van der Waals surface area (Å²) in [6.07, 6.45) is 0.480. The third kappa shape index (κ3) is 5.96. The molecule has 142 valence electrons. The van der Waals surface area contributed by atoms with E-state index >= 15 is 0 Å². The van der Waals surface area contributed by atoms with Crippen LogP contribution in [0.15, 0.2) is 53.7 Å². The molecule has 1 amide bonds. The third-order valence-corrected chi connectivity index (χ3v) is 4.65. The second kappa shape index (κ2) is 9.53. The molecule has 0 saturated heterocycles. The van der Waals surface area contributed by atoms with Gasteiger partial charge >= 0.3 is 17.7 Å². The number of nitrogens with zero attached hydrogens (tertiary/aromatic N) is 2. The Labute approximate surface area is 158 Å². The minimum Gasteiger partial charge on any atom is -0.480 e. The number of amides is 1. The van der Waals surface area contributed by atoms with Crippen molar-refractivity contribution < 1.29 is 24.4 Å². The molecule has 10 heteroatoms. The lowest BCUT2D eigenvalue weighted by molar-refractivity contribution is -0.388. The van der Waals surface area contributed by atoms with Crippen LogP contribution in [0.1, 0.15) is 12.5 Å². The Kier molecular flexibility index (Phi) is 7.12. The number of carboxylic acids is 1. The quantitative estimate of drug-likeness (QED) is 0.399. The Morgan fingerprint density at radius 2 is 2.00 bits per heavy atom. The SMILES string of the molecule is C[C@@H](Sc1ncccc1[N+](=O)[O-])[C@@H](NC(=O)OCc1ccccc1)C(=O)O. The van der Waals surface area contributed by atoms with Gasteiger partial charge in [0, 0.05) is 17.5 Å². The molecule has 1 aromatic carbocycles. The molecular formula is C17H17N3O6S. The van der Waals surface area contributed by atoms with E-state index in [1.54, 1.807) is 24.3 Å². The summed E-state index contributed by atoms with van der Waals surface area (Å²) < 4.78 is 5.02. The summed E-state index contributed by atoms with van der Waals surface area (Å²) in [4.78, 5) is 37.8. The zero-order valence-electron chi connectivity index (χ0n) is 14.3. The summed E-state index contributed by atoms with van der Waals surface area (Å²) in [5.74, 6) is -1.29. The summed E-state index contributed by atoms with van der Waals surface area (Å²) >= 11 is 0.888. The number of thioether (sulfide) groups is 1. The van der Waals surface area contributed by atoms with Gasteiger partial charge in [-0.15, -0.1) is 0 Å². The molecule has 0 aliphatic heterocycles. The maximum Gasteiger partial charge on any atom is 0.408 e. The first-order valence-corrected chi connectivity index (χ1v) is 8.72. The Morgan fingerprint density at radius 1 is 1.30 bits per heavy atom. The van der Waals surface area contributed by atoms with Crippen molar-refractivity contribution in [3.05, 3.63) is 64.3 Å². The van der Waals surface area contributed by atoms with Crippen molar-refractivity contribution in [2.24, 2.45) is 0 Å². The molecule has 9 nitrogen and oxygen atoms in total. The summed E-state index contributed by atoms with van der Waals surface area (Å²) in [5.41, 5.74) is 0.524. The molecule has 0 saturated carbocycles. The van der Waals surface area contributed by atoms with E-state index in [2.05, 4.69) is 10.3 Å². The second-order valence-corrected chi connectivity index (χ2v) is 6.80. The van der Waals surface area contributed by atoms with Crippen LogP contribution < -0.4 is 5.32 Å². The van der Waals surface area contributed by atoms with Crippen LogP contribution in [-0.2, 0) is 16.1 Å². The average molecular weight is 391 g/mol. The van der Waals surface area contributed by atoms with Crippen LogP contribution >= 0.6 is 11.8 Å². The number of nitro groups is 1. The Hall–Kier alpha value is -3.14. The minimum atomic E-state index is -1.32. The summed E-state index contributed by atoms with van der Waals surface area (Å²) in [5, 5.41) is 22.1. The van der Waals surface area contributed by atoms with Crippen LogP contribution in [0.4, 0.5) is 10.5 Å². The number of carboxylic acid groups (broad SMARTS) is 1. The van der Waals surface area contributed by atoms with Gasteiger partial charge in [-0.25, -0.2) is 14.6 Å². The monoisotopic (exact) mass is 391 g/mol. The molecule has 0 spiro atoms. The molecule has 2 rings (SSSR count). The number of aliphatic carboxylic acids is 1. The average Bonchev–Trinajstić information content (AvgIpc) is 2.65. The first-order valence-electron chi connectivity index (χ1n) is 7.84. The second-order valence-electron chi connectivity index (χ2n) is 5.43. The van der Waals surface area contributed by atoms with Crippen LogP contribution in [0.2, 0.25) is 0 Å². The van der Waals surface area contributed by atoms with Gasteiger partial charge in [0.05, 0.1) is 4.92 Å². The van der Waals surface area contributed by atoms with E-state index in [4.69, 9.17) is 4.74 Å². The van der Waals surface area contributed by atoms with Crippen LogP contribution in [0, 0.1) is 10.1 Å². The standard InChI is InChI=1S/C17H17N3O6S/c1-11(27-15-13(20(24)25)8-5-9-18-15)14(16(21)22)19-17(23)26-10-12-6-3-2-4-7-12/h2-9,11,14H,10H2,1H3,(H,19,23)(H,21,22)/t11-,14-/m1/s1. The number of hydrogen-bond acceptors (Lipinski definition) is 7. The van der Waals surface area contributed by atoms with Crippen molar-refractivity contribution in [1.29, 1.82) is 0 Å². The Bertz CT molecular complexity index is 817. The number of nitrogens with one attached hydrogen (secondary N) is 1. The molecule has 0 radical (unpaired) electrons. The number of aromatic nitrogens is 1. The van der Waals surface area contributed by atoms with E-state index in [-0.39, 0.29) is 17.3 Å². The maximum atomic E-state index is 11.9. The van der Waals surface area contributed by atoms with Gasteiger partial charge < -0.3 is 15.2 Å². The lowest BCUT2D eigenvalue weighted by Gasteiger charge is -2.20. The van der Waals surface area contributed by atoms with E-state index in [0.717, 1.165) is 17.3 Å². The molecule has 0 aliphatic carbocycles. The predicted octanol–water partition coefficient (Wildman–Crippen LogP) is 2.85. The van der Waals surface area contributed by atoms with E-state index in [1.165, 1.54) is 25.3 Å². The van der Waals surface area contributed by atoms with Crippen LogP contribution in [0.3, 0.4) is 0 Å². The largest absolute Gasteiger partial charge is 0.480 e. The molecule has 2 N–H and O–H groups in total. The molecule has 0 bridgehead atoms. The first-order chi connectivity index (χ1) is 12.9. The van der Waals surface area contributed by atoms with Crippen molar-refractivity contribution in [2.45, 2.75) is 29.8 Å². The molecule has 1 heterocycles. The van der Waals surface area contributed by atoms with E-state index in [0.29, 0.717) is 0 Å². The van der Waals surface area contributed by atoms with Crippen LogP contribution in [0.5, 0.6) is 0 Å². The maximum absolute atomic E-state index is 11.9. The summed E-state index contributed by atoms with van der Waals surface area (Å²) in [7, 11) is 0. The number of hydrogen-bond donors (Lipinski definition) is 2. The zero-order chi connectivity index (χ0) is 19.8. The molecule has 0 aliphatic rings. The van der Waals surface area contributed by atoms with Crippen molar-refractivity contribution in [2.75, 3.05) is 0 Å². The fourth-order valence-electron chi connectivity index (χ4n) is 2.13. The number of ether oxygens (including phenoxy) is 1. The highest BCUT2D eigenvalue weighted by Gasteiger charge is 2.30. The number of carbonyl (C=O) groups excluding carboxylic acids is 1. The molecule has 0 unspecified atom stereocenters. The molecular weight excluding hydrogens is 374 g/mol. The van der Waals surface area contributed by atoms with E-state index in [9.17, 15) is 24.8 Å². The van der Waals surface area contributed by atoms with Crippen LogP contribution in [0.25, 0.3) is 0 Å². The molecule has 2 aromatic rings. The van der Waals surface area contributed by atoms with Gasteiger partial charge in [-0.05, 0) is 11.6 Å².